The highest BCUT2D eigenvalue weighted by molar-refractivity contribution is 9.10. The summed E-state index contributed by atoms with van der Waals surface area (Å²) in [5.74, 6) is 0.0959. The van der Waals surface area contributed by atoms with Gasteiger partial charge >= 0.3 is 0 Å². The Morgan fingerprint density at radius 3 is 2.80 bits per heavy atom. The van der Waals surface area contributed by atoms with Crippen molar-refractivity contribution in [1.29, 1.82) is 0 Å². The maximum Gasteiger partial charge on any atom is 0.126 e. The number of hydrogen-bond acceptors (Lipinski definition) is 1. The molecule has 2 nitrogen and oxygen atoms in total. The molecule has 0 atom stereocenters. The molecular weight excluding hydrogens is 282 g/mol. The summed E-state index contributed by atoms with van der Waals surface area (Å²) in [4.78, 5) is 0. The highest BCUT2D eigenvalue weighted by Gasteiger charge is 2.03. The van der Waals surface area contributed by atoms with Crippen molar-refractivity contribution in [2.45, 2.75) is 5.88 Å². The molecule has 1 aromatic carbocycles. The van der Waals surface area contributed by atoms with Crippen molar-refractivity contribution in [2.24, 2.45) is 0 Å². The third-order valence-corrected chi connectivity index (χ3v) is 2.67. The van der Waals surface area contributed by atoms with E-state index in [9.17, 15) is 4.39 Å². The van der Waals surface area contributed by atoms with Gasteiger partial charge in [0.15, 0.2) is 0 Å². The predicted octanol–water partition coefficient (Wildman–Crippen LogP) is 3.51. The van der Waals surface area contributed by atoms with Crippen LogP contribution in [0.3, 0.4) is 0 Å². The maximum absolute atomic E-state index is 13.1. The third kappa shape index (κ3) is 2.38. The summed E-state index contributed by atoms with van der Waals surface area (Å²) in [5, 5.41) is 4.08. The van der Waals surface area contributed by atoms with E-state index in [1.807, 2.05) is 0 Å². The van der Waals surface area contributed by atoms with Gasteiger partial charge in [-0.2, -0.15) is 5.10 Å². The largest absolute Gasteiger partial charge is 0.241 e. The van der Waals surface area contributed by atoms with Gasteiger partial charge in [0, 0.05) is 16.2 Å². The van der Waals surface area contributed by atoms with E-state index in [1.165, 1.54) is 12.1 Å². The van der Waals surface area contributed by atoms with Crippen molar-refractivity contribution in [1.82, 2.24) is 9.78 Å². The monoisotopic (exact) mass is 288 g/mol. The molecule has 2 rings (SSSR count). The molecule has 0 N–H and O–H groups in total. The van der Waals surface area contributed by atoms with Gasteiger partial charge < -0.3 is 0 Å². The Kier molecular flexibility index (Phi) is 3.07. The highest BCUT2D eigenvalue weighted by Crippen LogP contribution is 2.18. The van der Waals surface area contributed by atoms with E-state index in [0.29, 0.717) is 16.0 Å². The summed E-state index contributed by atoms with van der Waals surface area (Å²) in [7, 11) is 0. The van der Waals surface area contributed by atoms with Crippen LogP contribution in [0.15, 0.2) is 35.1 Å². The van der Waals surface area contributed by atoms with Crippen molar-refractivity contribution >= 4 is 27.5 Å². The summed E-state index contributed by atoms with van der Waals surface area (Å²) in [5.41, 5.74) is 1.57. The molecule has 78 valence electrons. The van der Waals surface area contributed by atoms with Crippen molar-refractivity contribution in [3.63, 3.8) is 0 Å². The second-order valence-electron chi connectivity index (χ2n) is 3.05. The van der Waals surface area contributed by atoms with Crippen molar-refractivity contribution in [3.8, 4) is 5.69 Å². The Bertz CT molecular complexity index is 464. The molecule has 0 amide bonds. The fourth-order valence-electron chi connectivity index (χ4n) is 1.24. The highest BCUT2D eigenvalue weighted by atomic mass is 79.9. The SMILES string of the molecule is Fc1cc(Br)cc(-n2cc(CCl)cn2)c1. The Balaban J connectivity index is 2.44. The van der Waals surface area contributed by atoms with E-state index in [-0.39, 0.29) is 5.82 Å². The normalized spacial score (nSPS) is 10.6. The van der Waals surface area contributed by atoms with Gasteiger partial charge in [0.25, 0.3) is 0 Å². The Morgan fingerprint density at radius 2 is 2.20 bits per heavy atom. The van der Waals surface area contributed by atoms with Crippen LogP contribution in [0.1, 0.15) is 5.56 Å². The smallest absolute Gasteiger partial charge is 0.126 e. The topological polar surface area (TPSA) is 17.8 Å². The molecule has 0 saturated heterocycles. The first kappa shape index (κ1) is 10.6. The fourth-order valence-corrected chi connectivity index (χ4v) is 1.83. The van der Waals surface area contributed by atoms with Crippen LogP contribution in [0.25, 0.3) is 5.69 Å². The molecular formula is C10H7BrClFN2. The second-order valence-corrected chi connectivity index (χ2v) is 4.24. The lowest BCUT2D eigenvalue weighted by atomic mass is 10.3. The molecule has 5 heteroatoms. The summed E-state index contributed by atoms with van der Waals surface area (Å²) in [6.45, 7) is 0. The Hall–Kier alpha value is -0.870. The average molecular weight is 290 g/mol. The van der Waals surface area contributed by atoms with Crippen molar-refractivity contribution in [3.05, 3.63) is 46.4 Å². The number of benzene rings is 1. The molecule has 0 aliphatic rings. The fraction of sp³-hybridized carbons (Fsp3) is 0.100. The van der Waals surface area contributed by atoms with Gasteiger partial charge in [0.1, 0.15) is 5.82 Å². The molecule has 0 spiro atoms. The van der Waals surface area contributed by atoms with Gasteiger partial charge in [-0.15, -0.1) is 11.6 Å². The first-order valence-corrected chi connectivity index (χ1v) is 5.58. The predicted molar refractivity (Wildman–Crippen MR) is 60.8 cm³/mol. The van der Waals surface area contributed by atoms with Crippen LogP contribution in [0.2, 0.25) is 0 Å². The number of hydrogen-bond donors (Lipinski definition) is 0. The number of rotatable bonds is 2. The Labute approximate surface area is 99.8 Å². The number of alkyl halides is 1. The molecule has 15 heavy (non-hydrogen) atoms. The van der Waals surface area contributed by atoms with Gasteiger partial charge in [0.05, 0.1) is 17.8 Å². The van der Waals surface area contributed by atoms with Gasteiger partial charge in [-0.05, 0) is 18.2 Å². The van der Waals surface area contributed by atoms with Crippen LogP contribution >= 0.6 is 27.5 Å². The van der Waals surface area contributed by atoms with E-state index >= 15 is 0 Å². The van der Waals surface area contributed by atoms with Crippen LogP contribution in [-0.4, -0.2) is 9.78 Å². The first-order chi connectivity index (χ1) is 7.19. The number of aromatic nitrogens is 2. The number of halogens is 3. The third-order valence-electron chi connectivity index (χ3n) is 1.90. The zero-order valence-corrected chi connectivity index (χ0v) is 9.96. The molecule has 1 heterocycles. The van der Waals surface area contributed by atoms with E-state index in [0.717, 1.165) is 5.56 Å². The maximum atomic E-state index is 13.1. The minimum absolute atomic E-state index is 0.303. The van der Waals surface area contributed by atoms with E-state index in [4.69, 9.17) is 11.6 Å². The summed E-state index contributed by atoms with van der Waals surface area (Å²) < 4.78 is 15.4. The standard InChI is InChI=1S/C10H7BrClFN2/c11-8-1-9(13)3-10(2-8)15-6-7(4-12)5-14-15/h1-3,5-6H,4H2. The molecule has 0 unspecified atom stereocenters. The van der Waals surface area contributed by atoms with Gasteiger partial charge in [0.2, 0.25) is 0 Å². The van der Waals surface area contributed by atoms with Crippen LogP contribution in [-0.2, 0) is 5.88 Å². The molecule has 0 saturated carbocycles. The molecule has 2 aromatic rings. The molecule has 0 fully saturated rings. The van der Waals surface area contributed by atoms with E-state index in [2.05, 4.69) is 21.0 Å². The van der Waals surface area contributed by atoms with Gasteiger partial charge in [-0.25, -0.2) is 9.07 Å². The molecule has 1 aromatic heterocycles. The minimum atomic E-state index is -0.303. The van der Waals surface area contributed by atoms with Crippen LogP contribution in [0.5, 0.6) is 0 Å². The summed E-state index contributed by atoms with van der Waals surface area (Å²) in [6, 6.07) is 4.60. The van der Waals surface area contributed by atoms with Crippen LogP contribution in [0, 0.1) is 5.82 Å². The summed E-state index contributed by atoms with van der Waals surface area (Å²) in [6.07, 6.45) is 3.43. The van der Waals surface area contributed by atoms with Crippen molar-refractivity contribution in [2.75, 3.05) is 0 Å². The minimum Gasteiger partial charge on any atom is -0.241 e. The summed E-state index contributed by atoms with van der Waals surface area (Å²) >= 11 is 8.88. The second kappa shape index (κ2) is 4.33. The molecule has 0 aliphatic heterocycles. The number of nitrogens with zero attached hydrogens (tertiary/aromatic N) is 2. The van der Waals surface area contributed by atoms with Crippen molar-refractivity contribution < 1.29 is 4.39 Å². The van der Waals surface area contributed by atoms with Gasteiger partial charge in [-0.1, -0.05) is 15.9 Å². The van der Waals surface area contributed by atoms with E-state index < -0.39 is 0 Å². The lowest BCUT2D eigenvalue weighted by Gasteiger charge is -2.01. The molecule has 0 bridgehead atoms. The van der Waals surface area contributed by atoms with Crippen LogP contribution < -0.4 is 0 Å². The van der Waals surface area contributed by atoms with E-state index in [1.54, 1.807) is 23.1 Å². The average Bonchev–Trinajstić information content (AvgIpc) is 2.64. The zero-order valence-electron chi connectivity index (χ0n) is 7.62. The first-order valence-electron chi connectivity index (χ1n) is 4.25. The molecule has 0 aliphatic carbocycles. The quantitative estimate of drug-likeness (QED) is 0.774. The van der Waals surface area contributed by atoms with Gasteiger partial charge in [-0.3, -0.25) is 0 Å². The lowest BCUT2D eigenvalue weighted by Crippen LogP contribution is -1.94. The lowest BCUT2D eigenvalue weighted by molar-refractivity contribution is 0.624. The van der Waals surface area contributed by atoms with Crippen LogP contribution in [0.4, 0.5) is 4.39 Å². The Morgan fingerprint density at radius 1 is 1.40 bits per heavy atom. The zero-order chi connectivity index (χ0) is 10.8. The molecule has 0 radical (unpaired) electrons.